The molecular weight excluding hydrogens is 346 g/mol. The Hall–Kier alpha value is -2.61. The molecule has 0 aliphatic heterocycles. The third-order valence-electron chi connectivity index (χ3n) is 4.53. The summed E-state index contributed by atoms with van der Waals surface area (Å²) in [6.45, 7) is 5.73. The predicted molar refractivity (Wildman–Crippen MR) is 104 cm³/mol. The van der Waals surface area contributed by atoms with Crippen LogP contribution in [0.1, 0.15) is 31.4 Å². The molecule has 0 fully saturated rings. The van der Waals surface area contributed by atoms with Gasteiger partial charge in [-0.15, -0.1) is 0 Å². The molecule has 8 heteroatoms. The average molecular weight is 373 g/mol. The average Bonchev–Trinajstić information content (AvgIpc) is 3.13. The van der Waals surface area contributed by atoms with Crippen molar-refractivity contribution in [2.24, 2.45) is 0 Å². The summed E-state index contributed by atoms with van der Waals surface area (Å²) in [5.41, 5.74) is 1.96. The van der Waals surface area contributed by atoms with Crippen LogP contribution in [0.4, 0.5) is 0 Å². The first-order valence-electron chi connectivity index (χ1n) is 9.33. The highest BCUT2D eigenvalue weighted by molar-refractivity contribution is 5.83. The topological polar surface area (TPSA) is 84.8 Å². The van der Waals surface area contributed by atoms with Gasteiger partial charge in [0.05, 0.1) is 5.52 Å². The number of fused-ring (bicyclic) bond motifs is 3. The molecule has 3 rings (SSSR count). The summed E-state index contributed by atoms with van der Waals surface area (Å²) in [5.74, 6) is 1.61. The van der Waals surface area contributed by atoms with Gasteiger partial charge in [-0.25, -0.2) is 4.68 Å². The van der Waals surface area contributed by atoms with Crippen LogP contribution in [0, 0.1) is 6.92 Å². The van der Waals surface area contributed by atoms with Crippen molar-refractivity contribution in [1.82, 2.24) is 24.4 Å². The fraction of sp³-hybridized carbons (Fsp3) is 0.526. The van der Waals surface area contributed by atoms with Crippen LogP contribution in [0.15, 0.2) is 21.3 Å². The van der Waals surface area contributed by atoms with Crippen LogP contribution in [0.2, 0.25) is 0 Å². The van der Waals surface area contributed by atoms with Crippen LogP contribution >= 0.6 is 0 Å². The molecular formula is C19H27N5O3. The second-order valence-corrected chi connectivity index (χ2v) is 7.03. The molecule has 3 aromatic rings. The number of aryl methyl sites for hydroxylation is 3. The zero-order valence-electron chi connectivity index (χ0n) is 16.4. The van der Waals surface area contributed by atoms with E-state index >= 15 is 0 Å². The Labute approximate surface area is 157 Å². The van der Waals surface area contributed by atoms with Gasteiger partial charge >= 0.3 is 0 Å². The summed E-state index contributed by atoms with van der Waals surface area (Å²) in [4.78, 5) is 26.7. The molecule has 0 unspecified atom stereocenters. The summed E-state index contributed by atoms with van der Waals surface area (Å²) in [7, 11) is 3.93. The minimum atomic E-state index is -0.163. The Bertz CT molecular complexity index is 1010. The lowest BCUT2D eigenvalue weighted by atomic mass is 10.3. The molecule has 1 amide bonds. The van der Waals surface area contributed by atoms with Gasteiger partial charge in [0.2, 0.25) is 5.91 Å². The number of furan rings is 1. The molecule has 3 aromatic heterocycles. The Balaban J connectivity index is 1.74. The molecule has 0 saturated heterocycles. The highest BCUT2D eigenvalue weighted by Gasteiger charge is 2.16. The van der Waals surface area contributed by atoms with Crippen molar-refractivity contribution in [3.8, 4) is 0 Å². The molecule has 0 aliphatic carbocycles. The first-order chi connectivity index (χ1) is 12.9. The fourth-order valence-corrected chi connectivity index (χ4v) is 3.19. The molecule has 8 nitrogen and oxygen atoms in total. The summed E-state index contributed by atoms with van der Waals surface area (Å²) >= 11 is 0. The van der Waals surface area contributed by atoms with Gasteiger partial charge in [-0.05, 0) is 27.4 Å². The molecule has 27 heavy (non-hydrogen) atoms. The second kappa shape index (κ2) is 7.96. The van der Waals surface area contributed by atoms with E-state index in [2.05, 4.69) is 10.4 Å². The second-order valence-electron chi connectivity index (χ2n) is 7.03. The van der Waals surface area contributed by atoms with Crippen LogP contribution in [0.3, 0.4) is 0 Å². The largest absolute Gasteiger partial charge is 0.460 e. The van der Waals surface area contributed by atoms with Gasteiger partial charge in [0, 0.05) is 44.6 Å². The van der Waals surface area contributed by atoms with Gasteiger partial charge in [-0.2, -0.15) is 5.10 Å². The predicted octanol–water partition coefficient (Wildman–Crippen LogP) is 1.57. The zero-order valence-corrected chi connectivity index (χ0v) is 16.4. The summed E-state index contributed by atoms with van der Waals surface area (Å²) in [6.07, 6.45) is 1.63. The number of nitrogens with one attached hydrogen (secondary N) is 1. The van der Waals surface area contributed by atoms with E-state index in [-0.39, 0.29) is 11.5 Å². The van der Waals surface area contributed by atoms with Crippen LogP contribution in [0.5, 0.6) is 0 Å². The maximum atomic E-state index is 12.8. The molecule has 0 spiro atoms. The van der Waals surface area contributed by atoms with Crippen molar-refractivity contribution < 1.29 is 9.21 Å². The van der Waals surface area contributed by atoms with E-state index in [9.17, 15) is 9.59 Å². The number of hydrogen-bond acceptors (Lipinski definition) is 5. The van der Waals surface area contributed by atoms with E-state index < -0.39 is 0 Å². The Kier molecular flexibility index (Phi) is 5.65. The Morgan fingerprint density at radius 1 is 1.30 bits per heavy atom. The molecule has 0 aromatic carbocycles. The van der Waals surface area contributed by atoms with Gasteiger partial charge in [0.1, 0.15) is 17.1 Å². The number of carbonyl (C=O) groups excluding carboxylic acids is 1. The lowest BCUT2D eigenvalue weighted by Crippen LogP contribution is -2.32. The Morgan fingerprint density at radius 2 is 2.07 bits per heavy atom. The number of likely N-dealkylation sites (N-methyl/N-ethyl adjacent to an activating group) is 1. The quantitative estimate of drug-likeness (QED) is 0.648. The monoisotopic (exact) mass is 373 g/mol. The number of nitrogens with zero attached hydrogens (tertiary/aromatic N) is 4. The van der Waals surface area contributed by atoms with Crippen molar-refractivity contribution in [3.05, 3.63) is 34.1 Å². The summed E-state index contributed by atoms with van der Waals surface area (Å²) in [6, 6.07) is 3.70. The van der Waals surface area contributed by atoms with Crippen molar-refractivity contribution in [2.45, 2.75) is 39.7 Å². The zero-order chi connectivity index (χ0) is 19.6. The summed E-state index contributed by atoms with van der Waals surface area (Å²) < 4.78 is 9.00. The third-order valence-corrected chi connectivity index (χ3v) is 4.53. The van der Waals surface area contributed by atoms with Crippen molar-refractivity contribution >= 4 is 22.5 Å². The van der Waals surface area contributed by atoms with E-state index in [4.69, 9.17) is 4.42 Å². The van der Waals surface area contributed by atoms with Gasteiger partial charge < -0.3 is 14.6 Å². The van der Waals surface area contributed by atoms with Gasteiger partial charge in [0.25, 0.3) is 5.56 Å². The Morgan fingerprint density at radius 3 is 2.78 bits per heavy atom. The molecule has 0 radical (unpaired) electrons. The van der Waals surface area contributed by atoms with Gasteiger partial charge in [-0.3, -0.25) is 14.0 Å². The lowest BCUT2D eigenvalue weighted by Gasteiger charge is -2.11. The number of carbonyl (C=O) groups is 1. The van der Waals surface area contributed by atoms with Gasteiger partial charge in [-0.1, -0.05) is 6.92 Å². The first kappa shape index (κ1) is 19.2. The third kappa shape index (κ3) is 4.05. The maximum absolute atomic E-state index is 12.8. The molecule has 3 heterocycles. The number of amides is 1. The van der Waals surface area contributed by atoms with E-state index in [1.165, 1.54) is 4.68 Å². The van der Waals surface area contributed by atoms with Crippen LogP contribution in [-0.4, -0.2) is 52.2 Å². The van der Waals surface area contributed by atoms with Crippen LogP contribution < -0.4 is 10.9 Å². The van der Waals surface area contributed by atoms with Crippen molar-refractivity contribution in [3.63, 3.8) is 0 Å². The van der Waals surface area contributed by atoms with Crippen molar-refractivity contribution in [1.29, 1.82) is 0 Å². The van der Waals surface area contributed by atoms with Crippen LogP contribution in [-0.2, 0) is 17.8 Å². The molecule has 1 N–H and O–H groups in total. The SMILES string of the molecule is CCc1nn(CCCC(=O)NCCN(C)C)c(=O)c2cc3oc(C)cc3n12. The molecule has 146 valence electrons. The van der Waals surface area contributed by atoms with E-state index in [1.807, 2.05) is 43.3 Å². The van der Waals surface area contributed by atoms with Crippen LogP contribution in [0.25, 0.3) is 16.6 Å². The summed E-state index contributed by atoms with van der Waals surface area (Å²) in [5, 5.41) is 7.40. The molecule has 0 saturated carbocycles. The minimum Gasteiger partial charge on any atom is -0.460 e. The van der Waals surface area contributed by atoms with Crippen molar-refractivity contribution in [2.75, 3.05) is 27.2 Å². The normalized spacial score (nSPS) is 11.7. The smallest absolute Gasteiger partial charge is 0.291 e. The molecule has 0 aliphatic rings. The minimum absolute atomic E-state index is 0.00244. The lowest BCUT2D eigenvalue weighted by molar-refractivity contribution is -0.121. The molecule has 0 bridgehead atoms. The number of hydrogen-bond donors (Lipinski definition) is 1. The standard InChI is InChI=1S/C19H27N5O3/c1-5-17-21-23(9-6-7-18(25)20-8-10-22(3)4)19(26)15-12-16-14(24(15)17)11-13(2)27-16/h11-12H,5-10H2,1-4H3,(H,20,25). The number of aromatic nitrogens is 3. The van der Waals surface area contributed by atoms with E-state index in [0.717, 1.165) is 23.6 Å². The molecule has 0 atom stereocenters. The van der Waals surface area contributed by atoms with E-state index in [1.54, 1.807) is 6.07 Å². The van der Waals surface area contributed by atoms with Gasteiger partial charge in [0.15, 0.2) is 5.58 Å². The highest BCUT2D eigenvalue weighted by Crippen LogP contribution is 2.23. The fourth-order valence-electron chi connectivity index (χ4n) is 3.19. The number of rotatable bonds is 8. The first-order valence-corrected chi connectivity index (χ1v) is 9.33. The highest BCUT2D eigenvalue weighted by atomic mass is 16.3. The van der Waals surface area contributed by atoms with E-state index in [0.29, 0.717) is 43.5 Å². The maximum Gasteiger partial charge on any atom is 0.291 e.